The van der Waals surface area contributed by atoms with Crippen LogP contribution in [0.5, 0.6) is 0 Å². The molecule has 1 heterocycles. The molecule has 0 amide bonds. The maximum absolute atomic E-state index is 4.94. The first kappa shape index (κ1) is 36.5. The summed E-state index contributed by atoms with van der Waals surface area (Å²) in [6.07, 6.45) is -0.185. The van der Waals surface area contributed by atoms with E-state index in [0.29, 0.717) is 0 Å². The molecule has 1 unspecified atom stereocenters. The Hall–Kier alpha value is -3.69. The quantitative estimate of drug-likeness (QED) is 0.169. The average Bonchev–Trinajstić information content (AvgIpc) is 3.33. The molecular formula is C40H44N3Zr-5. The van der Waals surface area contributed by atoms with Crippen molar-refractivity contribution in [3.8, 4) is 0 Å². The van der Waals surface area contributed by atoms with Crippen LogP contribution in [-0.2, 0) is 26.2 Å². The molecule has 44 heavy (non-hydrogen) atoms. The third kappa shape index (κ3) is 12.1. The van der Waals surface area contributed by atoms with Gasteiger partial charge in [-0.3, -0.25) is 0 Å². The molecule has 0 radical (unpaired) electrons. The van der Waals surface area contributed by atoms with Crippen molar-refractivity contribution >= 4 is 21.8 Å². The first-order chi connectivity index (χ1) is 20.7. The van der Waals surface area contributed by atoms with Gasteiger partial charge < -0.3 is 15.2 Å². The first-order valence-corrected chi connectivity index (χ1v) is 14.7. The maximum Gasteiger partial charge on any atom is 0.0461 e. The van der Waals surface area contributed by atoms with E-state index in [1.165, 1.54) is 21.8 Å². The summed E-state index contributed by atoms with van der Waals surface area (Å²) in [7, 11) is 0. The van der Waals surface area contributed by atoms with Crippen molar-refractivity contribution in [2.24, 2.45) is 0 Å². The molecule has 0 saturated heterocycles. The minimum Gasteiger partial charge on any atom is -0.661 e. The number of aromatic nitrogens is 1. The molecule has 5 aromatic carbocycles. The molecule has 6 rings (SSSR count). The fourth-order valence-corrected chi connectivity index (χ4v) is 4.33. The van der Waals surface area contributed by atoms with E-state index < -0.39 is 0 Å². The van der Waals surface area contributed by atoms with E-state index in [2.05, 4.69) is 102 Å². The third-order valence-corrected chi connectivity index (χ3v) is 6.23. The third-order valence-electron chi connectivity index (χ3n) is 6.23. The predicted octanol–water partition coefficient (Wildman–Crippen LogP) is 11.4. The molecule has 0 aliphatic rings. The van der Waals surface area contributed by atoms with Crippen LogP contribution >= 0.6 is 0 Å². The zero-order valence-corrected chi connectivity index (χ0v) is 29.0. The minimum atomic E-state index is -0.185. The Balaban J connectivity index is 0.000000249. The van der Waals surface area contributed by atoms with Crippen molar-refractivity contribution in [1.29, 1.82) is 0 Å². The van der Waals surface area contributed by atoms with E-state index >= 15 is 0 Å². The summed E-state index contributed by atoms with van der Waals surface area (Å²) < 4.78 is 2.26. The first-order valence-electron chi connectivity index (χ1n) is 14.7. The molecule has 1 aromatic heterocycles. The van der Waals surface area contributed by atoms with Gasteiger partial charge in [-0.15, -0.1) is 41.9 Å². The van der Waals surface area contributed by atoms with Gasteiger partial charge in [0.25, 0.3) is 0 Å². The van der Waals surface area contributed by atoms with Crippen molar-refractivity contribution in [1.82, 2.24) is 4.57 Å². The number of para-hydroxylation sites is 2. The minimum absolute atomic E-state index is 0. The van der Waals surface area contributed by atoms with E-state index in [1.807, 2.05) is 91.0 Å². The van der Waals surface area contributed by atoms with Gasteiger partial charge in [-0.2, -0.15) is 86.7 Å². The average molecular weight is 658 g/mol. The summed E-state index contributed by atoms with van der Waals surface area (Å²) in [5, 5.41) is 12.2. The van der Waals surface area contributed by atoms with Crippen LogP contribution in [0.15, 0.2) is 140 Å². The molecule has 0 N–H and O–H groups in total. The van der Waals surface area contributed by atoms with E-state index in [0.717, 1.165) is 23.2 Å². The number of nitrogens with zero attached hydrogens (tertiary/aromatic N) is 3. The molecule has 0 aliphatic carbocycles. The van der Waals surface area contributed by atoms with Crippen LogP contribution in [0.1, 0.15) is 50.7 Å². The van der Waals surface area contributed by atoms with Gasteiger partial charge in [0.1, 0.15) is 0 Å². The van der Waals surface area contributed by atoms with Gasteiger partial charge in [0.15, 0.2) is 0 Å². The van der Waals surface area contributed by atoms with Crippen molar-refractivity contribution in [2.45, 2.75) is 39.5 Å². The van der Waals surface area contributed by atoms with Crippen LogP contribution in [0.3, 0.4) is 0 Å². The van der Waals surface area contributed by atoms with E-state index in [-0.39, 0.29) is 38.0 Å². The van der Waals surface area contributed by atoms with Crippen LogP contribution in [0.4, 0.5) is 0 Å². The summed E-state index contributed by atoms with van der Waals surface area (Å²) in [6.45, 7) is 20.4. The number of fused-ring (bicyclic) bond motifs is 3. The van der Waals surface area contributed by atoms with Crippen molar-refractivity contribution < 1.29 is 26.2 Å². The van der Waals surface area contributed by atoms with Gasteiger partial charge in [-0.25, -0.2) is 0 Å². The van der Waals surface area contributed by atoms with E-state index in [9.17, 15) is 0 Å². The number of benzene rings is 5. The van der Waals surface area contributed by atoms with Crippen LogP contribution < -0.4 is 0 Å². The maximum atomic E-state index is 4.94. The summed E-state index contributed by atoms with van der Waals surface area (Å²) in [5.74, 6) is 0. The largest absolute Gasteiger partial charge is 0.661 e. The fraction of sp³-hybridized carbons (Fsp3) is 0.175. The zero-order valence-electron chi connectivity index (χ0n) is 26.5. The van der Waals surface area contributed by atoms with Crippen LogP contribution in [0.2, 0.25) is 0 Å². The number of hydrogen-bond acceptors (Lipinski definition) is 0. The molecule has 0 fully saturated rings. The van der Waals surface area contributed by atoms with Crippen LogP contribution in [0, 0.1) is 20.8 Å². The molecular weight excluding hydrogens is 614 g/mol. The Morgan fingerprint density at radius 3 is 1.14 bits per heavy atom. The van der Waals surface area contributed by atoms with Crippen LogP contribution in [0.25, 0.3) is 32.4 Å². The van der Waals surface area contributed by atoms with Gasteiger partial charge in [0, 0.05) is 48.0 Å². The summed E-state index contributed by atoms with van der Waals surface area (Å²) in [6, 6.07) is 46.6. The van der Waals surface area contributed by atoms with Crippen molar-refractivity contribution in [2.75, 3.05) is 6.54 Å². The second-order valence-corrected chi connectivity index (χ2v) is 11.0. The molecule has 228 valence electrons. The Morgan fingerprint density at radius 1 is 0.545 bits per heavy atom. The monoisotopic (exact) mass is 656 g/mol. The Labute approximate surface area is 284 Å². The molecule has 0 spiro atoms. The van der Waals surface area contributed by atoms with E-state index in [1.54, 1.807) is 0 Å². The summed E-state index contributed by atoms with van der Waals surface area (Å²) in [4.78, 5) is 0. The summed E-state index contributed by atoms with van der Waals surface area (Å²) in [5.41, 5.74) is 5.47. The molecule has 0 saturated carbocycles. The van der Waals surface area contributed by atoms with Gasteiger partial charge in [-0.05, 0) is 12.1 Å². The Bertz CT molecular complexity index is 1460. The van der Waals surface area contributed by atoms with Gasteiger partial charge in [-0.1, -0.05) is 82.3 Å². The Morgan fingerprint density at radius 2 is 0.864 bits per heavy atom. The predicted molar refractivity (Wildman–Crippen MR) is 188 cm³/mol. The van der Waals surface area contributed by atoms with Crippen LogP contribution in [-0.4, -0.2) is 16.7 Å². The SMILES string of the molecule is CC[N-]C([N-]C(C)(C)C)n1c2ccccc2c2ccccc21.[CH2-]c1ccccc1.[CH2-]c1ccccc1.[CH2-]c1ccccc1.[Zr]. The molecule has 3 nitrogen and oxygen atoms in total. The molecule has 1 atom stereocenters. The number of hydrogen-bond donors (Lipinski definition) is 0. The standard InChI is InChI=1S/C19H23N3.3C7H7.Zr/c1-5-20-18(21-19(2,3)4)22-16-12-8-6-10-14(16)15-11-7-9-13-17(15)22;3*1-7-5-3-2-4-6-7;/h6-13,18H,5H2,1-4H3;3*2-6H,1H2;/q-2;3*-1;. The van der Waals surface area contributed by atoms with Gasteiger partial charge in [0.05, 0.1) is 0 Å². The zero-order chi connectivity index (χ0) is 31.1. The second-order valence-electron chi connectivity index (χ2n) is 11.0. The van der Waals surface area contributed by atoms with Gasteiger partial charge >= 0.3 is 0 Å². The second kappa shape index (κ2) is 18.9. The number of rotatable bonds is 4. The fourth-order valence-electron chi connectivity index (χ4n) is 4.33. The van der Waals surface area contributed by atoms with Crippen molar-refractivity contribution in [3.05, 3.63) is 188 Å². The molecule has 6 aromatic rings. The smallest absolute Gasteiger partial charge is 0.0461 e. The molecule has 0 aliphatic heterocycles. The summed E-state index contributed by atoms with van der Waals surface area (Å²) >= 11 is 0. The molecule has 4 heteroatoms. The van der Waals surface area contributed by atoms with Crippen molar-refractivity contribution in [3.63, 3.8) is 0 Å². The van der Waals surface area contributed by atoms with Gasteiger partial charge in [0.2, 0.25) is 0 Å². The van der Waals surface area contributed by atoms with E-state index in [4.69, 9.17) is 10.6 Å². The Kier molecular flexibility index (Phi) is 15.6. The topological polar surface area (TPSA) is 33.1 Å². The normalized spacial score (nSPS) is 11.0. The molecule has 0 bridgehead atoms.